The van der Waals surface area contributed by atoms with Crippen LogP contribution in [0.1, 0.15) is 17.0 Å². The Bertz CT molecular complexity index is 458. The highest BCUT2D eigenvalue weighted by Gasteiger charge is 2.31. The normalized spacial score (nSPS) is 19.8. The number of rotatable bonds is 3. The van der Waals surface area contributed by atoms with Gasteiger partial charge in [0.1, 0.15) is 0 Å². The Morgan fingerprint density at radius 1 is 1.50 bits per heavy atom. The summed E-state index contributed by atoms with van der Waals surface area (Å²) in [5, 5.41) is 8.82. The second-order valence-electron chi connectivity index (χ2n) is 3.93. The lowest BCUT2D eigenvalue weighted by Crippen LogP contribution is -2.49. The average molecular weight is 318 g/mol. The predicted molar refractivity (Wildman–Crippen MR) is 64.3 cm³/mol. The lowest BCUT2D eigenvalue weighted by molar-refractivity contribution is -0.139. The van der Waals surface area contributed by atoms with Gasteiger partial charge in [0, 0.05) is 6.54 Å². The molecular weight excluding hydrogens is 306 g/mol. The van der Waals surface area contributed by atoms with Crippen molar-refractivity contribution in [2.24, 2.45) is 0 Å². The maximum absolute atomic E-state index is 12.2. The van der Waals surface area contributed by atoms with Crippen LogP contribution in [0.25, 0.3) is 0 Å². The summed E-state index contributed by atoms with van der Waals surface area (Å²) in [6, 6.07) is 2.73. The monoisotopic (exact) mass is 317 g/mol. The molecule has 1 aliphatic rings. The largest absolute Gasteiger partial charge is 0.481 e. The number of nitrogens with zero attached hydrogens (tertiary/aromatic N) is 1. The Kier molecular flexibility index (Phi) is 4.03. The van der Waals surface area contributed by atoms with E-state index in [1.165, 1.54) is 4.90 Å². The molecule has 98 valence electrons. The minimum atomic E-state index is -0.955. The van der Waals surface area contributed by atoms with E-state index in [9.17, 15) is 9.59 Å². The minimum Gasteiger partial charge on any atom is -0.481 e. The fourth-order valence-electron chi connectivity index (χ4n) is 1.86. The Balaban J connectivity index is 2.13. The molecule has 1 unspecified atom stereocenters. The van der Waals surface area contributed by atoms with Gasteiger partial charge in [0.15, 0.2) is 10.4 Å². The molecule has 1 atom stereocenters. The minimum absolute atomic E-state index is 0.131. The zero-order valence-electron chi connectivity index (χ0n) is 9.47. The van der Waals surface area contributed by atoms with Crippen LogP contribution < -0.4 is 0 Å². The number of hydrogen-bond acceptors (Lipinski definition) is 4. The van der Waals surface area contributed by atoms with Crippen LogP contribution in [0.15, 0.2) is 21.2 Å². The van der Waals surface area contributed by atoms with Crippen molar-refractivity contribution in [2.75, 3.05) is 19.8 Å². The molecule has 1 fully saturated rings. The summed E-state index contributed by atoms with van der Waals surface area (Å²) >= 11 is 3.12. The Morgan fingerprint density at radius 3 is 2.89 bits per heavy atom. The molecule has 0 aliphatic carbocycles. The Hall–Kier alpha value is -1.34. The summed E-state index contributed by atoms with van der Waals surface area (Å²) in [6.07, 6.45) is -0.131. The summed E-state index contributed by atoms with van der Waals surface area (Å²) in [7, 11) is 0. The number of hydrogen-bond donors (Lipinski definition) is 1. The number of amides is 1. The Labute approximate surface area is 112 Å². The highest BCUT2D eigenvalue weighted by Crippen LogP contribution is 2.19. The molecule has 0 radical (unpaired) electrons. The SMILES string of the molecule is O=C(O)CC1COCCN1C(=O)c1ccc(Br)o1. The van der Waals surface area contributed by atoms with Crippen molar-refractivity contribution < 1.29 is 23.8 Å². The van der Waals surface area contributed by atoms with Crippen LogP contribution in [0.4, 0.5) is 0 Å². The van der Waals surface area contributed by atoms with Gasteiger partial charge < -0.3 is 19.2 Å². The maximum atomic E-state index is 12.2. The predicted octanol–water partition coefficient (Wildman–Crippen LogP) is 1.36. The van der Waals surface area contributed by atoms with E-state index in [2.05, 4.69) is 15.9 Å². The van der Waals surface area contributed by atoms with Crippen molar-refractivity contribution >= 4 is 27.8 Å². The number of halogens is 1. The number of carbonyl (C=O) groups is 2. The van der Waals surface area contributed by atoms with Gasteiger partial charge in [-0.1, -0.05) is 0 Å². The summed E-state index contributed by atoms with van der Waals surface area (Å²) in [4.78, 5) is 24.4. The van der Waals surface area contributed by atoms with Crippen molar-refractivity contribution in [1.82, 2.24) is 4.90 Å². The van der Waals surface area contributed by atoms with Crippen molar-refractivity contribution in [3.05, 3.63) is 22.6 Å². The summed E-state index contributed by atoms with van der Waals surface area (Å²) < 4.78 is 10.9. The highest BCUT2D eigenvalue weighted by atomic mass is 79.9. The number of furan rings is 1. The molecule has 0 spiro atoms. The number of carbonyl (C=O) groups excluding carboxylic acids is 1. The highest BCUT2D eigenvalue weighted by molar-refractivity contribution is 9.10. The van der Waals surface area contributed by atoms with Gasteiger partial charge in [-0.3, -0.25) is 9.59 Å². The van der Waals surface area contributed by atoms with Crippen molar-refractivity contribution in [2.45, 2.75) is 12.5 Å². The molecule has 2 rings (SSSR count). The first-order chi connectivity index (χ1) is 8.58. The zero-order chi connectivity index (χ0) is 13.1. The summed E-state index contributed by atoms with van der Waals surface area (Å²) in [6.45, 7) is 1.01. The third-order valence-corrected chi connectivity index (χ3v) is 3.11. The molecule has 1 amide bonds. The van der Waals surface area contributed by atoms with E-state index in [-0.39, 0.29) is 24.7 Å². The third-order valence-electron chi connectivity index (χ3n) is 2.68. The van der Waals surface area contributed by atoms with E-state index in [1.54, 1.807) is 12.1 Å². The molecule has 1 aromatic heterocycles. The van der Waals surface area contributed by atoms with E-state index < -0.39 is 12.0 Å². The molecule has 0 saturated carbocycles. The van der Waals surface area contributed by atoms with Crippen molar-refractivity contribution in [1.29, 1.82) is 0 Å². The smallest absolute Gasteiger partial charge is 0.305 e. The lowest BCUT2D eigenvalue weighted by atomic mass is 10.1. The van der Waals surface area contributed by atoms with Crippen LogP contribution in [0.5, 0.6) is 0 Å². The third kappa shape index (κ3) is 2.91. The van der Waals surface area contributed by atoms with Gasteiger partial charge in [-0.2, -0.15) is 0 Å². The molecule has 1 saturated heterocycles. The Morgan fingerprint density at radius 2 is 2.28 bits per heavy atom. The van der Waals surface area contributed by atoms with Gasteiger partial charge in [-0.05, 0) is 28.1 Å². The average Bonchev–Trinajstić information content (AvgIpc) is 2.75. The molecule has 1 aromatic rings. The van der Waals surface area contributed by atoms with Crippen LogP contribution in [0, 0.1) is 0 Å². The quantitative estimate of drug-likeness (QED) is 0.910. The van der Waals surface area contributed by atoms with Gasteiger partial charge in [0.25, 0.3) is 5.91 Å². The zero-order valence-corrected chi connectivity index (χ0v) is 11.1. The first kappa shape index (κ1) is 13.1. The van der Waals surface area contributed by atoms with Crippen molar-refractivity contribution in [3.63, 3.8) is 0 Å². The second kappa shape index (κ2) is 5.53. The molecule has 1 N–H and O–H groups in total. The van der Waals surface area contributed by atoms with Crippen LogP contribution >= 0.6 is 15.9 Å². The van der Waals surface area contributed by atoms with Crippen LogP contribution in [-0.2, 0) is 9.53 Å². The van der Waals surface area contributed by atoms with E-state index in [1.807, 2.05) is 0 Å². The fraction of sp³-hybridized carbons (Fsp3) is 0.455. The van der Waals surface area contributed by atoms with E-state index in [0.717, 1.165) is 0 Å². The number of carboxylic acids is 1. The first-order valence-corrected chi connectivity index (χ1v) is 6.23. The molecule has 2 heterocycles. The molecular formula is C11H12BrNO5. The van der Waals surface area contributed by atoms with Crippen LogP contribution in [0.3, 0.4) is 0 Å². The van der Waals surface area contributed by atoms with Crippen molar-refractivity contribution in [3.8, 4) is 0 Å². The van der Waals surface area contributed by atoms with E-state index in [4.69, 9.17) is 14.3 Å². The maximum Gasteiger partial charge on any atom is 0.305 e. The molecule has 6 nitrogen and oxygen atoms in total. The van der Waals surface area contributed by atoms with Crippen LogP contribution in [-0.4, -0.2) is 47.7 Å². The molecule has 18 heavy (non-hydrogen) atoms. The number of aliphatic carboxylic acids is 1. The fourth-order valence-corrected chi connectivity index (χ4v) is 2.17. The molecule has 1 aliphatic heterocycles. The van der Waals surface area contributed by atoms with Gasteiger partial charge in [-0.25, -0.2) is 0 Å². The van der Waals surface area contributed by atoms with Gasteiger partial charge in [0.05, 0.1) is 25.7 Å². The standard InChI is InChI=1S/C11H12BrNO5/c12-9-2-1-8(18-9)11(16)13-3-4-17-6-7(13)5-10(14)15/h1-2,7H,3-6H2,(H,14,15). The summed E-state index contributed by atoms with van der Waals surface area (Å²) in [5.74, 6) is -1.07. The molecule has 0 bridgehead atoms. The first-order valence-electron chi connectivity index (χ1n) is 5.44. The van der Waals surface area contributed by atoms with Crippen LogP contribution in [0.2, 0.25) is 0 Å². The number of morpholine rings is 1. The van der Waals surface area contributed by atoms with E-state index >= 15 is 0 Å². The summed E-state index contributed by atoms with van der Waals surface area (Å²) in [5.41, 5.74) is 0. The number of ether oxygens (including phenoxy) is 1. The second-order valence-corrected chi connectivity index (χ2v) is 4.71. The van der Waals surface area contributed by atoms with Gasteiger partial charge >= 0.3 is 5.97 Å². The molecule has 7 heteroatoms. The topological polar surface area (TPSA) is 80.0 Å². The van der Waals surface area contributed by atoms with Gasteiger partial charge in [-0.15, -0.1) is 0 Å². The lowest BCUT2D eigenvalue weighted by Gasteiger charge is -2.34. The number of carboxylic acid groups (broad SMARTS) is 1. The van der Waals surface area contributed by atoms with Gasteiger partial charge in [0.2, 0.25) is 0 Å². The molecule has 0 aromatic carbocycles. The van der Waals surface area contributed by atoms with E-state index in [0.29, 0.717) is 17.8 Å².